The van der Waals surface area contributed by atoms with Crippen molar-refractivity contribution in [3.63, 3.8) is 0 Å². The van der Waals surface area contributed by atoms with Crippen LogP contribution in [0.4, 0.5) is 5.69 Å². The van der Waals surface area contributed by atoms with Gasteiger partial charge >= 0.3 is 0 Å². The highest BCUT2D eigenvalue weighted by Gasteiger charge is 2.30. The van der Waals surface area contributed by atoms with E-state index in [4.69, 9.17) is 23.2 Å². The van der Waals surface area contributed by atoms with Gasteiger partial charge < -0.3 is 10.6 Å². The van der Waals surface area contributed by atoms with Crippen molar-refractivity contribution in [3.8, 4) is 0 Å². The van der Waals surface area contributed by atoms with Crippen molar-refractivity contribution in [2.24, 2.45) is 11.8 Å². The lowest BCUT2D eigenvalue weighted by Crippen LogP contribution is -2.38. The number of amides is 2. The molecule has 6 heteroatoms. The molecule has 0 bridgehead atoms. The molecule has 0 spiro atoms. The third-order valence-corrected chi connectivity index (χ3v) is 4.65. The Morgan fingerprint density at radius 2 is 1.61 bits per heavy atom. The Balaban J connectivity index is 1.88. The fraction of sp³-hybridized carbons (Fsp3) is 0.529. The van der Waals surface area contributed by atoms with Crippen molar-refractivity contribution in [1.82, 2.24) is 5.32 Å². The number of hydrogen-bond donors (Lipinski definition) is 2. The predicted octanol–water partition coefficient (Wildman–Crippen LogP) is 4.26. The molecular weight excluding hydrogens is 335 g/mol. The normalized spacial score (nSPS) is 21.1. The number of benzene rings is 1. The van der Waals surface area contributed by atoms with E-state index in [0.29, 0.717) is 28.6 Å². The number of carbonyl (C=O) groups excluding carboxylic acids is 2. The van der Waals surface area contributed by atoms with Crippen LogP contribution in [-0.4, -0.2) is 17.9 Å². The SMILES string of the molecule is CC(C)NC(=O)C1CCC(C(=O)Nc2cc(Cl)ccc2Cl)CC1. The fourth-order valence-corrected chi connectivity index (χ4v) is 3.19. The topological polar surface area (TPSA) is 58.2 Å². The van der Waals surface area contributed by atoms with E-state index >= 15 is 0 Å². The minimum Gasteiger partial charge on any atom is -0.354 e. The Hall–Kier alpha value is -1.26. The van der Waals surface area contributed by atoms with E-state index in [0.717, 1.165) is 12.8 Å². The van der Waals surface area contributed by atoms with Crippen molar-refractivity contribution in [3.05, 3.63) is 28.2 Å². The van der Waals surface area contributed by atoms with Crippen LogP contribution in [0.5, 0.6) is 0 Å². The maximum atomic E-state index is 12.4. The maximum absolute atomic E-state index is 12.4. The van der Waals surface area contributed by atoms with Crippen molar-refractivity contribution in [2.45, 2.75) is 45.6 Å². The molecule has 4 nitrogen and oxygen atoms in total. The molecule has 0 heterocycles. The van der Waals surface area contributed by atoms with Crippen LogP contribution >= 0.6 is 23.2 Å². The van der Waals surface area contributed by atoms with Gasteiger partial charge in [-0.1, -0.05) is 23.2 Å². The van der Waals surface area contributed by atoms with Gasteiger partial charge in [0.25, 0.3) is 0 Å². The van der Waals surface area contributed by atoms with E-state index in [1.807, 2.05) is 13.8 Å². The average molecular weight is 357 g/mol. The van der Waals surface area contributed by atoms with Crippen LogP contribution in [0.1, 0.15) is 39.5 Å². The van der Waals surface area contributed by atoms with Gasteiger partial charge in [-0.15, -0.1) is 0 Å². The van der Waals surface area contributed by atoms with E-state index in [1.165, 1.54) is 0 Å². The van der Waals surface area contributed by atoms with Gasteiger partial charge in [0.15, 0.2) is 0 Å². The molecule has 2 amide bonds. The number of nitrogens with one attached hydrogen (secondary N) is 2. The van der Waals surface area contributed by atoms with Crippen molar-refractivity contribution in [2.75, 3.05) is 5.32 Å². The molecule has 1 aromatic carbocycles. The summed E-state index contributed by atoms with van der Waals surface area (Å²) in [4.78, 5) is 24.4. The van der Waals surface area contributed by atoms with Crippen LogP contribution in [0.3, 0.4) is 0 Å². The molecule has 1 aliphatic rings. The number of anilines is 1. The number of hydrogen-bond acceptors (Lipinski definition) is 2. The number of halogens is 2. The van der Waals surface area contributed by atoms with Gasteiger partial charge in [0.2, 0.25) is 11.8 Å². The van der Waals surface area contributed by atoms with Crippen LogP contribution in [0.15, 0.2) is 18.2 Å². The van der Waals surface area contributed by atoms with E-state index in [2.05, 4.69) is 10.6 Å². The molecule has 2 rings (SSSR count). The standard InChI is InChI=1S/C17H22Cl2N2O2/c1-10(2)20-16(22)11-3-5-12(6-4-11)17(23)21-15-9-13(18)7-8-14(15)19/h7-12H,3-6H2,1-2H3,(H,20,22)(H,21,23). The summed E-state index contributed by atoms with van der Waals surface area (Å²) in [6, 6.07) is 5.13. The highest BCUT2D eigenvalue weighted by molar-refractivity contribution is 6.35. The zero-order valence-electron chi connectivity index (χ0n) is 13.4. The third-order valence-electron chi connectivity index (χ3n) is 4.09. The van der Waals surface area contributed by atoms with Crippen LogP contribution in [-0.2, 0) is 9.59 Å². The second-order valence-electron chi connectivity index (χ2n) is 6.33. The summed E-state index contributed by atoms with van der Waals surface area (Å²) < 4.78 is 0. The molecule has 0 radical (unpaired) electrons. The van der Waals surface area contributed by atoms with Gasteiger partial charge in [-0.05, 0) is 57.7 Å². The van der Waals surface area contributed by atoms with Gasteiger partial charge in [0, 0.05) is 22.9 Å². The van der Waals surface area contributed by atoms with Crippen LogP contribution in [0.2, 0.25) is 10.0 Å². The molecule has 0 atom stereocenters. The molecule has 1 saturated carbocycles. The lowest BCUT2D eigenvalue weighted by atomic mass is 9.81. The predicted molar refractivity (Wildman–Crippen MR) is 93.8 cm³/mol. The molecule has 126 valence electrons. The molecule has 0 unspecified atom stereocenters. The highest BCUT2D eigenvalue weighted by Crippen LogP contribution is 2.31. The summed E-state index contributed by atoms with van der Waals surface area (Å²) in [5.74, 6) is -0.0435. The zero-order valence-corrected chi connectivity index (χ0v) is 14.9. The molecule has 0 aliphatic heterocycles. The van der Waals surface area contributed by atoms with Crippen LogP contribution < -0.4 is 10.6 Å². The molecule has 2 N–H and O–H groups in total. The van der Waals surface area contributed by atoms with E-state index in [9.17, 15) is 9.59 Å². The molecule has 1 aromatic rings. The second kappa shape index (κ2) is 8.02. The smallest absolute Gasteiger partial charge is 0.227 e. The number of rotatable bonds is 4. The van der Waals surface area contributed by atoms with Gasteiger partial charge in [-0.2, -0.15) is 0 Å². The fourth-order valence-electron chi connectivity index (χ4n) is 2.85. The molecule has 0 aromatic heterocycles. The Kier molecular flexibility index (Phi) is 6.31. The lowest BCUT2D eigenvalue weighted by Gasteiger charge is -2.27. The molecular formula is C17H22Cl2N2O2. The number of carbonyl (C=O) groups is 2. The monoisotopic (exact) mass is 356 g/mol. The van der Waals surface area contributed by atoms with Crippen LogP contribution in [0.25, 0.3) is 0 Å². The van der Waals surface area contributed by atoms with Crippen molar-refractivity contribution in [1.29, 1.82) is 0 Å². The summed E-state index contributed by atoms with van der Waals surface area (Å²) in [6.07, 6.45) is 2.89. The van der Waals surface area contributed by atoms with Crippen molar-refractivity contribution < 1.29 is 9.59 Å². The first-order valence-electron chi connectivity index (χ1n) is 7.93. The van der Waals surface area contributed by atoms with Gasteiger partial charge in [-0.25, -0.2) is 0 Å². The first-order valence-corrected chi connectivity index (χ1v) is 8.68. The Morgan fingerprint density at radius 3 is 2.17 bits per heavy atom. The van der Waals surface area contributed by atoms with Crippen LogP contribution in [0, 0.1) is 11.8 Å². The average Bonchev–Trinajstić information content (AvgIpc) is 2.50. The van der Waals surface area contributed by atoms with Gasteiger partial charge in [0.05, 0.1) is 10.7 Å². The molecule has 23 heavy (non-hydrogen) atoms. The van der Waals surface area contributed by atoms with E-state index < -0.39 is 0 Å². The minimum absolute atomic E-state index is 0.0104. The minimum atomic E-state index is -0.0897. The summed E-state index contributed by atoms with van der Waals surface area (Å²) >= 11 is 12.0. The highest BCUT2D eigenvalue weighted by atomic mass is 35.5. The zero-order chi connectivity index (χ0) is 17.0. The first-order chi connectivity index (χ1) is 10.9. The Labute approximate surface area is 146 Å². The molecule has 0 saturated heterocycles. The van der Waals surface area contributed by atoms with Gasteiger partial charge in [0.1, 0.15) is 0 Å². The molecule has 1 fully saturated rings. The first kappa shape index (κ1) is 18.1. The second-order valence-corrected chi connectivity index (χ2v) is 7.17. The Morgan fingerprint density at radius 1 is 1.04 bits per heavy atom. The van der Waals surface area contributed by atoms with E-state index in [1.54, 1.807) is 18.2 Å². The summed E-state index contributed by atoms with van der Waals surface area (Å²) in [7, 11) is 0. The third kappa shape index (κ3) is 5.11. The quantitative estimate of drug-likeness (QED) is 0.846. The van der Waals surface area contributed by atoms with Crippen molar-refractivity contribution >= 4 is 40.7 Å². The Bertz CT molecular complexity index is 582. The maximum Gasteiger partial charge on any atom is 0.227 e. The summed E-state index contributed by atoms with van der Waals surface area (Å²) in [5.41, 5.74) is 0.531. The van der Waals surface area contributed by atoms with Gasteiger partial charge in [-0.3, -0.25) is 9.59 Å². The largest absolute Gasteiger partial charge is 0.354 e. The summed E-state index contributed by atoms with van der Waals surface area (Å²) in [5, 5.41) is 6.77. The summed E-state index contributed by atoms with van der Waals surface area (Å²) in [6.45, 7) is 3.90. The van der Waals surface area contributed by atoms with E-state index in [-0.39, 0.29) is 29.7 Å². The lowest BCUT2D eigenvalue weighted by molar-refractivity contribution is -0.128. The molecule has 1 aliphatic carbocycles.